The van der Waals surface area contributed by atoms with Gasteiger partial charge in [-0.05, 0) is 31.2 Å². The number of hydrogen-bond acceptors (Lipinski definition) is 9. The van der Waals surface area contributed by atoms with Gasteiger partial charge < -0.3 is 26.7 Å². The summed E-state index contributed by atoms with van der Waals surface area (Å²) < 4.78 is 0. The van der Waals surface area contributed by atoms with E-state index in [1.807, 2.05) is 27.7 Å². The molecule has 13 heteroatoms. The second-order valence-electron chi connectivity index (χ2n) is 11.4. The van der Waals surface area contributed by atoms with Crippen LogP contribution in [0, 0.1) is 11.8 Å². The minimum absolute atomic E-state index is 0.0435. The molecule has 0 saturated heterocycles. The Morgan fingerprint density at radius 2 is 1.55 bits per heavy atom. The van der Waals surface area contributed by atoms with Crippen LogP contribution in [0.2, 0.25) is 0 Å². The van der Waals surface area contributed by atoms with Gasteiger partial charge in [0, 0.05) is 18.3 Å². The number of imidazole rings is 1. The SMILES string of the molecule is CCCCCCCN[C@H](C(=O)C(=O)[C@H](Cc1cnc[nH]1)NC(=O)C(CC(N)=O)NC(=O)[C@H](CC(C)C)NN)[C@@H](C)CC. The van der Waals surface area contributed by atoms with Gasteiger partial charge in [-0.25, -0.2) is 10.4 Å². The van der Waals surface area contributed by atoms with Gasteiger partial charge in [0.1, 0.15) is 12.1 Å². The number of hydrogen-bond donors (Lipinski definition) is 7. The van der Waals surface area contributed by atoms with Gasteiger partial charge >= 0.3 is 0 Å². The fourth-order valence-corrected chi connectivity index (χ4v) is 4.60. The van der Waals surface area contributed by atoms with Gasteiger partial charge in [0.15, 0.2) is 0 Å². The van der Waals surface area contributed by atoms with Crippen LogP contribution in [0.3, 0.4) is 0 Å². The highest BCUT2D eigenvalue weighted by molar-refractivity contribution is 6.41. The molecule has 238 valence electrons. The number of amides is 3. The number of aromatic nitrogens is 2. The molecule has 0 radical (unpaired) electrons. The highest BCUT2D eigenvalue weighted by atomic mass is 16.2. The van der Waals surface area contributed by atoms with E-state index in [1.54, 1.807) is 0 Å². The van der Waals surface area contributed by atoms with Crippen LogP contribution in [0.5, 0.6) is 0 Å². The molecular weight excluding hydrogens is 540 g/mol. The van der Waals surface area contributed by atoms with E-state index in [2.05, 4.69) is 38.3 Å². The Balaban J connectivity index is 3.15. The monoisotopic (exact) mass is 592 g/mol. The molecule has 1 heterocycles. The number of aromatic amines is 1. The average molecular weight is 593 g/mol. The van der Waals surface area contributed by atoms with E-state index in [4.69, 9.17) is 11.6 Å². The van der Waals surface area contributed by atoms with Crippen LogP contribution in [-0.2, 0) is 30.4 Å². The number of carbonyl (C=O) groups is 5. The van der Waals surface area contributed by atoms with Gasteiger partial charge in [0.05, 0.1) is 24.8 Å². The maximum atomic E-state index is 13.6. The maximum Gasteiger partial charge on any atom is 0.243 e. The molecule has 0 aliphatic heterocycles. The summed E-state index contributed by atoms with van der Waals surface area (Å²) in [5, 5.41) is 8.36. The Morgan fingerprint density at radius 1 is 0.905 bits per heavy atom. The van der Waals surface area contributed by atoms with Crippen molar-refractivity contribution in [1.29, 1.82) is 0 Å². The Labute approximate surface area is 249 Å². The number of ketones is 2. The van der Waals surface area contributed by atoms with Crippen LogP contribution in [0.15, 0.2) is 12.5 Å². The molecule has 0 aliphatic carbocycles. The Hall–Kier alpha value is -3.16. The van der Waals surface area contributed by atoms with Crippen molar-refractivity contribution in [2.24, 2.45) is 23.4 Å². The van der Waals surface area contributed by atoms with Gasteiger partial charge in [-0.15, -0.1) is 0 Å². The molecular formula is C29H52N8O5. The zero-order valence-corrected chi connectivity index (χ0v) is 25.8. The third-order valence-electron chi connectivity index (χ3n) is 7.26. The molecule has 1 aromatic heterocycles. The van der Waals surface area contributed by atoms with E-state index in [1.165, 1.54) is 12.5 Å². The van der Waals surface area contributed by atoms with Crippen molar-refractivity contribution in [2.75, 3.05) is 6.54 Å². The lowest BCUT2D eigenvalue weighted by molar-refractivity contribution is -0.141. The first-order chi connectivity index (χ1) is 19.9. The third kappa shape index (κ3) is 13.2. The van der Waals surface area contributed by atoms with Crippen molar-refractivity contribution < 1.29 is 24.0 Å². The van der Waals surface area contributed by atoms with Gasteiger partial charge in [-0.1, -0.05) is 66.7 Å². The van der Waals surface area contributed by atoms with Crippen LogP contribution >= 0.6 is 0 Å². The molecule has 9 N–H and O–H groups in total. The Bertz CT molecular complexity index is 985. The molecule has 13 nitrogen and oxygen atoms in total. The number of rotatable bonds is 23. The summed E-state index contributed by atoms with van der Waals surface area (Å²) in [5.41, 5.74) is 8.30. The Kier molecular flexibility index (Phi) is 17.4. The van der Waals surface area contributed by atoms with Crippen molar-refractivity contribution in [2.45, 2.75) is 117 Å². The zero-order valence-electron chi connectivity index (χ0n) is 25.8. The minimum atomic E-state index is -1.38. The standard InChI is InChI=1S/C29H52N8O5/c1-6-8-9-10-11-12-33-25(19(5)7-2)27(40)26(39)21(14-20-16-32-17-34-20)35-28(41)22(15-24(30)38)36-29(42)23(37-31)13-18(3)4/h16-19,21-23,25,33,37H,6-15,31H2,1-5H3,(H2,30,38)(H,32,34)(H,35,41)(H,36,42)/t19-,21-,22?,23-,25-/m0/s1. The molecule has 5 atom stereocenters. The number of hydrazine groups is 1. The molecule has 42 heavy (non-hydrogen) atoms. The van der Waals surface area contributed by atoms with Crippen molar-refractivity contribution in [3.63, 3.8) is 0 Å². The van der Waals surface area contributed by atoms with Crippen LogP contribution in [-0.4, -0.2) is 70.0 Å². The highest BCUT2D eigenvalue weighted by Gasteiger charge is 2.36. The summed E-state index contributed by atoms with van der Waals surface area (Å²) in [5.74, 6) is 1.86. The van der Waals surface area contributed by atoms with Crippen molar-refractivity contribution in [1.82, 2.24) is 31.3 Å². The topological polar surface area (TPSA) is 214 Å². The molecule has 0 bridgehead atoms. The second kappa shape index (κ2) is 19.9. The average Bonchev–Trinajstić information content (AvgIpc) is 3.46. The minimum Gasteiger partial charge on any atom is -0.370 e. The summed E-state index contributed by atoms with van der Waals surface area (Å²) in [6, 6.07) is -4.18. The summed E-state index contributed by atoms with van der Waals surface area (Å²) in [6.45, 7) is 10.4. The van der Waals surface area contributed by atoms with E-state index in [9.17, 15) is 24.0 Å². The maximum absolute atomic E-state index is 13.6. The lowest BCUT2D eigenvalue weighted by atomic mass is 9.90. The number of primary amides is 1. The second-order valence-corrected chi connectivity index (χ2v) is 11.4. The number of carbonyl (C=O) groups excluding carboxylic acids is 5. The smallest absolute Gasteiger partial charge is 0.243 e. The van der Waals surface area contributed by atoms with Gasteiger partial charge in [0.2, 0.25) is 29.3 Å². The van der Waals surface area contributed by atoms with Crippen LogP contribution < -0.4 is 33.0 Å². The highest BCUT2D eigenvalue weighted by Crippen LogP contribution is 2.13. The first-order valence-corrected chi connectivity index (χ1v) is 15.1. The summed E-state index contributed by atoms with van der Waals surface area (Å²) >= 11 is 0. The number of nitrogens with zero attached hydrogens (tertiary/aromatic N) is 1. The number of Topliss-reactive ketones (excluding diaryl/α,β-unsaturated/α-hetero) is 2. The van der Waals surface area contributed by atoms with E-state index in [-0.39, 0.29) is 18.3 Å². The number of nitrogens with two attached hydrogens (primary N) is 2. The normalized spacial score (nSPS) is 14.9. The van der Waals surface area contributed by atoms with E-state index in [0.29, 0.717) is 25.1 Å². The lowest BCUT2D eigenvalue weighted by Crippen LogP contribution is -2.58. The van der Waals surface area contributed by atoms with Crippen molar-refractivity contribution >= 4 is 29.3 Å². The molecule has 0 saturated carbocycles. The molecule has 0 spiro atoms. The quantitative estimate of drug-likeness (QED) is 0.0413. The molecule has 1 unspecified atom stereocenters. The lowest BCUT2D eigenvalue weighted by Gasteiger charge is -2.27. The molecule has 1 aromatic rings. The molecule has 3 amide bonds. The molecule has 0 aromatic carbocycles. The van der Waals surface area contributed by atoms with E-state index in [0.717, 1.165) is 32.1 Å². The third-order valence-corrected chi connectivity index (χ3v) is 7.26. The molecule has 0 aliphatic rings. The largest absolute Gasteiger partial charge is 0.370 e. The number of nitrogens with one attached hydrogen (secondary N) is 5. The number of unbranched alkanes of at least 4 members (excludes halogenated alkanes) is 4. The zero-order chi connectivity index (χ0) is 31.7. The summed E-state index contributed by atoms with van der Waals surface area (Å²) in [7, 11) is 0. The molecule has 1 rings (SSSR count). The first-order valence-electron chi connectivity index (χ1n) is 15.1. The summed E-state index contributed by atoms with van der Waals surface area (Å²) in [4.78, 5) is 72.1. The fraction of sp³-hybridized carbons (Fsp3) is 0.724. The van der Waals surface area contributed by atoms with Crippen LogP contribution in [0.4, 0.5) is 0 Å². The van der Waals surface area contributed by atoms with Crippen LogP contribution in [0.1, 0.15) is 91.7 Å². The van der Waals surface area contributed by atoms with E-state index < -0.39 is 59.9 Å². The van der Waals surface area contributed by atoms with Gasteiger partial charge in [-0.2, -0.15) is 0 Å². The number of H-pyrrole nitrogens is 1. The van der Waals surface area contributed by atoms with Crippen molar-refractivity contribution in [3.05, 3.63) is 18.2 Å². The van der Waals surface area contributed by atoms with Crippen molar-refractivity contribution in [3.8, 4) is 0 Å². The predicted octanol–water partition coefficient (Wildman–Crippen LogP) is 0.788. The summed E-state index contributed by atoms with van der Waals surface area (Å²) in [6.07, 6.45) is 8.71. The van der Waals surface area contributed by atoms with E-state index >= 15 is 0 Å². The van der Waals surface area contributed by atoms with Gasteiger partial charge in [0.25, 0.3) is 0 Å². The first kappa shape index (κ1) is 36.9. The molecule has 0 fully saturated rings. The Morgan fingerprint density at radius 3 is 2.10 bits per heavy atom. The van der Waals surface area contributed by atoms with Gasteiger partial charge in [-0.3, -0.25) is 29.8 Å². The van der Waals surface area contributed by atoms with Crippen LogP contribution in [0.25, 0.3) is 0 Å². The predicted molar refractivity (Wildman–Crippen MR) is 161 cm³/mol. The fourth-order valence-electron chi connectivity index (χ4n) is 4.60.